The lowest BCUT2D eigenvalue weighted by Crippen LogP contribution is -2.35. The average molecular weight is 292 g/mol. The van der Waals surface area contributed by atoms with E-state index in [4.69, 9.17) is 5.11 Å². The number of hydrogen-bond donors (Lipinski definition) is 3. The SMILES string of the molecule is Cc1cccc(C(=O)NCCCCC(NC=O)C(=O)O)c1. The van der Waals surface area contributed by atoms with Crippen LogP contribution >= 0.6 is 0 Å². The van der Waals surface area contributed by atoms with Gasteiger partial charge in [0.25, 0.3) is 5.91 Å². The summed E-state index contributed by atoms with van der Waals surface area (Å²) in [7, 11) is 0. The number of aliphatic carboxylic acids is 1. The number of carbonyl (C=O) groups is 3. The van der Waals surface area contributed by atoms with Gasteiger partial charge in [-0.1, -0.05) is 17.7 Å². The van der Waals surface area contributed by atoms with E-state index in [0.717, 1.165) is 5.56 Å². The Kier molecular flexibility index (Phi) is 6.94. The number of carboxylic acids is 1. The molecule has 0 aromatic heterocycles. The highest BCUT2D eigenvalue weighted by Gasteiger charge is 2.15. The molecule has 0 saturated carbocycles. The van der Waals surface area contributed by atoms with E-state index in [-0.39, 0.29) is 5.91 Å². The van der Waals surface area contributed by atoms with Crippen LogP contribution in [-0.2, 0) is 9.59 Å². The first-order valence-corrected chi connectivity index (χ1v) is 6.82. The zero-order chi connectivity index (χ0) is 15.7. The first-order chi connectivity index (χ1) is 10.0. The topological polar surface area (TPSA) is 95.5 Å². The molecule has 0 fully saturated rings. The number of carboxylic acid groups (broad SMARTS) is 1. The molecule has 1 rings (SSSR count). The van der Waals surface area contributed by atoms with E-state index in [9.17, 15) is 14.4 Å². The molecule has 21 heavy (non-hydrogen) atoms. The van der Waals surface area contributed by atoms with E-state index >= 15 is 0 Å². The molecule has 1 aromatic carbocycles. The van der Waals surface area contributed by atoms with E-state index < -0.39 is 12.0 Å². The molecule has 1 atom stereocenters. The molecule has 0 aliphatic carbocycles. The van der Waals surface area contributed by atoms with Crippen molar-refractivity contribution in [3.63, 3.8) is 0 Å². The number of aryl methyl sites for hydroxylation is 1. The number of hydrogen-bond acceptors (Lipinski definition) is 3. The van der Waals surface area contributed by atoms with Crippen LogP contribution in [-0.4, -0.2) is 36.0 Å². The Labute approximate surface area is 123 Å². The van der Waals surface area contributed by atoms with Gasteiger partial charge < -0.3 is 15.7 Å². The van der Waals surface area contributed by atoms with Crippen LogP contribution in [0.15, 0.2) is 24.3 Å². The fraction of sp³-hybridized carbons (Fsp3) is 0.400. The third-order valence-electron chi connectivity index (χ3n) is 3.05. The molecule has 6 heteroatoms. The van der Waals surface area contributed by atoms with Crippen LogP contribution in [0.3, 0.4) is 0 Å². The normalized spacial score (nSPS) is 11.5. The van der Waals surface area contributed by atoms with Gasteiger partial charge in [-0.15, -0.1) is 0 Å². The van der Waals surface area contributed by atoms with Crippen molar-refractivity contribution in [2.45, 2.75) is 32.2 Å². The minimum absolute atomic E-state index is 0.139. The van der Waals surface area contributed by atoms with Crippen LogP contribution in [0.5, 0.6) is 0 Å². The second kappa shape index (κ2) is 8.73. The highest BCUT2D eigenvalue weighted by molar-refractivity contribution is 5.94. The molecule has 0 aliphatic rings. The lowest BCUT2D eigenvalue weighted by atomic mass is 10.1. The van der Waals surface area contributed by atoms with Gasteiger partial charge in [-0.25, -0.2) is 4.79 Å². The molecule has 1 aromatic rings. The second-order valence-corrected chi connectivity index (χ2v) is 4.80. The van der Waals surface area contributed by atoms with Gasteiger partial charge in [0, 0.05) is 12.1 Å². The summed E-state index contributed by atoms with van der Waals surface area (Å²) in [4.78, 5) is 32.9. The Hall–Kier alpha value is -2.37. The predicted molar refractivity (Wildman–Crippen MR) is 78.0 cm³/mol. The van der Waals surface area contributed by atoms with Crippen molar-refractivity contribution in [3.05, 3.63) is 35.4 Å². The second-order valence-electron chi connectivity index (χ2n) is 4.80. The number of unbranched alkanes of at least 4 members (excludes halogenated alkanes) is 1. The summed E-state index contributed by atoms with van der Waals surface area (Å²) in [6.07, 6.45) is 1.99. The molecule has 0 heterocycles. The minimum atomic E-state index is -1.05. The van der Waals surface area contributed by atoms with Crippen LogP contribution in [0, 0.1) is 6.92 Å². The van der Waals surface area contributed by atoms with Gasteiger partial charge in [-0.2, -0.15) is 0 Å². The third kappa shape index (κ3) is 6.07. The van der Waals surface area contributed by atoms with Crippen molar-refractivity contribution in [2.75, 3.05) is 6.54 Å². The van der Waals surface area contributed by atoms with Crippen molar-refractivity contribution >= 4 is 18.3 Å². The average Bonchev–Trinajstić information content (AvgIpc) is 2.45. The van der Waals surface area contributed by atoms with Gasteiger partial charge >= 0.3 is 5.97 Å². The molecule has 2 amide bonds. The van der Waals surface area contributed by atoms with Gasteiger partial charge in [0.05, 0.1) is 0 Å². The largest absolute Gasteiger partial charge is 0.480 e. The van der Waals surface area contributed by atoms with Gasteiger partial charge in [0.1, 0.15) is 6.04 Å². The van der Waals surface area contributed by atoms with Crippen LogP contribution in [0.1, 0.15) is 35.2 Å². The number of nitrogens with one attached hydrogen (secondary N) is 2. The fourth-order valence-corrected chi connectivity index (χ4v) is 1.92. The summed E-state index contributed by atoms with van der Waals surface area (Å²) in [6.45, 7) is 2.39. The number of carbonyl (C=O) groups excluding carboxylic acids is 2. The molecule has 6 nitrogen and oxygen atoms in total. The van der Waals surface area contributed by atoms with Crippen LogP contribution in [0.2, 0.25) is 0 Å². The Morgan fingerprint density at radius 3 is 2.71 bits per heavy atom. The first-order valence-electron chi connectivity index (χ1n) is 6.82. The minimum Gasteiger partial charge on any atom is -0.480 e. The molecule has 0 saturated heterocycles. The van der Waals surface area contributed by atoms with Crippen molar-refractivity contribution in [1.82, 2.24) is 10.6 Å². The van der Waals surface area contributed by atoms with E-state index in [1.165, 1.54) is 0 Å². The summed E-state index contributed by atoms with van der Waals surface area (Å²) in [5, 5.41) is 13.9. The van der Waals surface area contributed by atoms with Crippen molar-refractivity contribution in [1.29, 1.82) is 0 Å². The molecular formula is C15H20N2O4. The molecule has 0 spiro atoms. The van der Waals surface area contributed by atoms with Crippen molar-refractivity contribution in [2.24, 2.45) is 0 Å². The maximum Gasteiger partial charge on any atom is 0.326 e. The van der Waals surface area contributed by atoms with Crippen LogP contribution in [0.25, 0.3) is 0 Å². The molecule has 0 radical (unpaired) electrons. The summed E-state index contributed by atoms with van der Waals surface area (Å²) in [6, 6.07) is 6.44. The zero-order valence-electron chi connectivity index (χ0n) is 12.0. The molecular weight excluding hydrogens is 272 g/mol. The molecule has 3 N–H and O–H groups in total. The summed E-state index contributed by atoms with van der Waals surface area (Å²) < 4.78 is 0. The monoisotopic (exact) mass is 292 g/mol. The predicted octanol–water partition coefficient (Wildman–Crippen LogP) is 1.09. The fourth-order valence-electron chi connectivity index (χ4n) is 1.92. The Balaban J connectivity index is 2.26. The lowest BCUT2D eigenvalue weighted by Gasteiger charge is -2.11. The van der Waals surface area contributed by atoms with Gasteiger partial charge in [0.15, 0.2) is 0 Å². The maximum atomic E-state index is 11.8. The summed E-state index contributed by atoms with van der Waals surface area (Å²) in [5.41, 5.74) is 1.63. The smallest absolute Gasteiger partial charge is 0.326 e. The quantitative estimate of drug-likeness (QED) is 0.469. The molecule has 1 unspecified atom stereocenters. The Bertz CT molecular complexity index is 502. The Morgan fingerprint density at radius 2 is 2.10 bits per heavy atom. The summed E-state index contributed by atoms with van der Waals surface area (Å²) in [5.74, 6) is -1.19. The first kappa shape index (κ1) is 16.7. The molecule has 0 bridgehead atoms. The van der Waals surface area contributed by atoms with Gasteiger partial charge in [0.2, 0.25) is 6.41 Å². The number of rotatable bonds is 9. The van der Waals surface area contributed by atoms with Crippen LogP contribution in [0.4, 0.5) is 0 Å². The van der Waals surface area contributed by atoms with Gasteiger partial charge in [-0.3, -0.25) is 9.59 Å². The zero-order valence-corrected chi connectivity index (χ0v) is 12.0. The van der Waals surface area contributed by atoms with E-state index in [1.807, 2.05) is 25.1 Å². The van der Waals surface area contributed by atoms with Crippen molar-refractivity contribution in [3.8, 4) is 0 Å². The maximum absolute atomic E-state index is 11.8. The number of amides is 2. The third-order valence-corrected chi connectivity index (χ3v) is 3.05. The standard InChI is InChI=1S/C15H20N2O4/c1-11-5-4-6-12(9-11)14(19)16-8-3-2-7-13(15(20)21)17-10-18/h4-6,9-10,13H,2-3,7-8H2,1H3,(H,16,19)(H,17,18)(H,20,21). The van der Waals surface area contributed by atoms with Crippen molar-refractivity contribution < 1.29 is 19.5 Å². The summed E-state index contributed by atoms with van der Waals surface area (Å²) >= 11 is 0. The molecule has 114 valence electrons. The van der Waals surface area contributed by atoms with E-state index in [1.54, 1.807) is 6.07 Å². The highest BCUT2D eigenvalue weighted by Crippen LogP contribution is 2.04. The van der Waals surface area contributed by atoms with Crippen LogP contribution < -0.4 is 10.6 Å². The van der Waals surface area contributed by atoms with Gasteiger partial charge in [-0.05, 0) is 38.3 Å². The number of benzene rings is 1. The Morgan fingerprint density at radius 1 is 1.33 bits per heavy atom. The highest BCUT2D eigenvalue weighted by atomic mass is 16.4. The molecule has 0 aliphatic heterocycles. The van der Waals surface area contributed by atoms with E-state index in [0.29, 0.717) is 37.8 Å². The lowest BCUT2D eigenvalue weighted by molar-refractivity contribution is -0.140. The van der Waals surface area contributed by atoms with E-state index in [2.05, 4.69) is 10.6 Å².